The van der Waals surface area contributed by atoms with E-state index in [1.54, 1.807) is 6.07 Å². The quantitative estimate of drug-likeness (QED) is 0.320. The van der Waals surface area contributed by atoms with Crippen molar-refractivity contribution in [2.75, 3.05) is 23.3 Å². The van der Waals surface area contributed by atoms with Crippen molar-refractivity contribution in [1.82, 2.24) is 4.98 Å². The third kappa shape index (κ3) is 5.70. The molecule has 0 radical (unpaired) electrons. The van der Waals surface area contributed by atoms with Gasteiger partial charge in [-0.05, 0) is 72.6 Å². The van der Waals surface area contributed by atoms with Crippen LogP contribution in [0.1, 0.15) is 28.8 Å². The molecule has 1 aromatic heterocycles. The number of aromatic nitrogens is 1. The second-order valence-corrected chi connectivity index (χ2v) is 8.49. The van der Waals surface area contributed by atoms with E-state index in [4.69, 9.17) is 22.7 Å². The van der Waals surface area contributed by atoms with Crippen LogP contribution in [-0.4, -0.2) is 34.9 Å². The highest BCUT2D eigenvalue weighted by Crippen LogP contribution is 2.39. The van der Waals surface area contributed by atoms with E-state index < -0.39 is 10.6 Å². The summed E-state index contributed by atoms with van der Waals surface area (Å²) in [6.07, 6.45) is 6.12. The van der Waals surface area contributed by atoms with E-state index in [9.17, 15) is 13.6 Å². The number of hydrogen-bond donors (Lipinski definition) is 3. The Bertz CT molecular complexity index is 957. The number of benzene rings is 1. The van der Waals surface area contributed by atoms with E-state index in [0.717, 1.165) is 32.1 Å². The number of anilines is 2. The number of nitrogens with one attached hydrogen (secondary N) is 2. The maximum Gasteiger partial charge on any atom is 0.375 e. The Morgan fingerprint density at radius 3 is 2.57 bits per heavy atom. The number of thioether (sulfide) groups is 1. The molecule has 3 rings (SSSR count). The molecule has 0 aliphatic carbocycles. The minimum absolute atomic E-state index is 0.214. The average Bonchev–Trinajstić information content (AvgIpc) is 3.22. The summed E-state index contributed by atoms with van der Waals surface area (Å²) in [5.74, 6) is 0.269. The van der Waals surface area contributed by atoms with Crippen molar-refractivity contribution in [2.24, 2.45) is 5.73 Å². The molecule has 2 aromatic rings. The van der Waals surface area contributed by atoms with Crippen LogP contribution in [-0.2, 0) is 0 Å². The first-order valence-corrected chi connectivity index (χ1v) is 10.3. The van der Waals surface area contributed by atoms with Crippen LogP contribution in [0.15, 0.2) is 47.5 Å². The number of nitrogens with zero attached hydrogens (tertiary/aromatic N) is 2. The van der Waals surface area contributed by atoms with Gasteiger partial charge in [0.05, 0.1) is 5.56 Å². The Balaban J connectivity index is 1.81. The summed E-state index contributed by atoms with van der Waals surface area (Å²) in [5.41, 5.74) is 7.76. The Morgan fingerprint density at radius 1 is 1.30 bits per heavy atom. The van der Waals surface area contributed by atoms with E-state index in [0.29, 0.717) is 28.3 Å². The molecule has 1 aliphatic heterocycles. The Morgan fingerprint density at radius 2 is 1.97 bits per heavy atom. The predicted octanol–water partition coefficient (Wildman–Crippen LogP) is 4.76. The molecule has 1 amide bonds. The smallest absolute Gasteiger partial charge is 0.375 e. The van der Waals surface area contributed by atoms with Gasteiger partial charge in [-0.3, -0.25) is 4.79 Å². The molecule has 0 atom stereocenters. The van der Waals surface area contributed by atoms with Crippen LogP contribution in [0.3, 0.4) is 0 Å². The topological polar surface area (TPSA) is 95.1 Å². The number of carbonyl (C=O) groups is 1. The number of rotatable bonds is 7. The molecule has 10 heteroatoms. The standard InChI is InChI=1S/C20H20ClF2N5OS/c21-20(22,23)30-15-5-3-14(4-6-15)27-19(29)13-11-16(17(25)7-8-24)18(26-12-13)28-9-1-2-10-28/h3-8,11-12,24H,1-2,9-10,25H2,(H,27,29)/b17-7-,24-8?. The highest BCUT2D eigenvalue weighted by Gasteiger charge is 2.26. The van der Waals surface area contributed by atoms with Crippen LogP contribution in [0.5, 0.6) is 0 Å². The third-order valence-corrected chi connectivity index (χ3v) is 5.42. The van der Waals surface area contributed by atoms with Crippen molar-refractivity contribution < 1.29 is 13.6 Å². The number of halogens is 3. The summed E-state index contributed by atoms with van der Waals surface area (Å²) < 4.78 is 22.3. The molecular weight excluding hydrogens is 432 g/mol. The summed E-state index contributed by atoms with van der Waals surface area (Å²) in [4.78, 5) is 19.5. The average molecular weight is 452 g/mol. The minimum Gasteiger partial charge on any atom is -0.398 e. The zero-order valence-corrected chi connectivity index (χ0v) is 17.4. The van der Waals surface area contributed by atoms with Crippen molar-refractivity contribution >= 4 is 52.7 Å². The highest BCUT2D eigenvalue weighted by molar-refractivity contribution is 8.01. The van der Waals surface area contributed by atoms with Crippen LogP contribution in [0.25, 0.3) is 5.70 Å². The second-order valence-electron chi connectivity index (χ2n) is 6.60. The first kappa shape index (κ1) is 22.0. The fourth-order valence-electron chi connectivity index (χ4n) is 3.10. The summed E-state index contributed by atoms with van der Waals surface area (Å²) in [6.45, 7) is 1.71. The molecule has 6 nitrogen and oxygen atoms in total. The lowest BCUT2D eigenvalue weighted by molar-refractivity contribution is 0.102. The Hall–Kier alpha value is -2.65. The maximum atomic E-state index is 12.9. The van der Waals surface area contributed by atoms with E-state index in [2.05, 4.69) is 15.2 Å². The van der Waals surface area contributed by atoms with Gasteiger partial charge in [0.2, 0.25) is 0 Å². The van der Waals surface area contributed by atoms with E-state index in [1.165, 1.54) is 36.5 Å². The fourth-order valence-corrected chi connectivity index (χ4v) is 3.90. The fraction of sp³-hybridized carbons (Fsp3) is 0.250. The van der Waals surface area contributed by atoms with Crippen LogP contribution in [0, 0.1) is 5.41 Å². The van der Waals surface area contributed by atoms with Crippen molar-refractivity contribution in [2.45, 2.75) is 22.5 Å². The number of pyridine rings is 1. The molecule has 158 valence electrons. The van der Waals surface area contributed by atoms with Crippen LogP contribution in [0.2, 0.25) is 0 Å². The first-order chi connectivity index (χ1) is 14.3. The van der Waals surface area contributed by atoms with Gasteiger partial charge in [-0.1, -0.05) is 0 Å². The molecule has 1 saturated heterocycles. The number of alkyl halides is 3. The summed E-state index contributed by atoms with van der Waals surface area (Å²) in [6, 6.07) is 7.56. The van der Waals surface area contributed by atoms with Gasteiger partial charge in [-0.25, -0.2) is 4.98 Å². The van der Waals surface area contributed by atoms with Crippen molar-refractivity contribution in [3.8, 4) is 0 Å². The zero-order valence-electron chi connectivity index (χ0n) is 15.9. The summed E-state index contributed by atoms with van der Waals surface area (Å²) >= 11 is 5.13. The number of amides is 1. The SMILES string of the molecule is N=C/C=C(\N)c1cc(C(=O)Nc2ccc(SC(F)(F)Cl)cc2)cnc1N1CCCC1. The largest absolute Gasteiger partial charge is 0.398 e. The van der Waals surface area contributed by atoms with E-state index in [1.807, 2.05) is 0 Å². The molecule has 0 unspecified atom stereocenters. The third-order valence-electron chi connectivity index (χ3n) is 4.45. The lowest BCUT2D eigenvalue weighted by Crippen LogP contribution is -2.22. The van der Waals surface area contributed by atoms with Gasteiger partial charge in [0.15, 0.2) is 0 Å². The minimum atomic E-state index is -3.39. The van der Waals surface area contributed by atoms with E-state index in [-0.39, 0.29) is 16.7 Å². The number of allylic oxidation sites excluding steroid dienone is 1. The van der Waals surface area contributed by atoms with E-state index >= 15 is 0 Å². The van der Waals surface area contributed by atoms with Gasteiger partial charge < -0.3 is 21.4 Å². The summed E-state index contributed by atoms with van der Waals surface area (Å²) in [5, 5.41) is 9.98. The molecule has 1 aliphatic rings. The Labute approximate surface area is 182 Å². The molecule has 4 N–H and O–H groups in total. The highest BCUT2D eigenvalue weighted by atomic mass is 35.5. The predicted molar refractivity (Wildman–Crippen MR) is 118 cm³/mol. The van der Waals surface area contributed by atoms with Crippen molar-refractivity contribution in [3.63, 3.8) is 0 Å². The number of carbonyl (C=O) groups excluding carboxylic acids is 1. The lowest BCUT2D eigenvalue weighted by atomic mass is 10.1. The lowest BCUT2D eigenvalue weighted by Gasteiger charge is -2.20. The van der Waals surface area contributed by atoms with Crippen LogP contribution >= 0.6 is 23.4 Å². The van der Waals surface area contributed by atoms with Crippen LogP contribution in [0.4, 0.5) is 20.3 Å². The zero-order chi connectivity index (χ0) is 21.7. The van der Waals surface area contributed by atoms with Crippen molar-refractivity contribution in [3.05, 3.63) is 53.7 Å². The molecule has 0 saturated carbocycles. The number of nitrogens with two attached hydrogens (primary N) is 1. The van der Waals surface area contributed by atoms with Gasteiger partial charge in [0, 0.05) is 47.3 Å². The maximum absolute atomic E-state index is 12.9. The normalized spacial score (nSPS) is 14.6. The molecule has 0 bridgehead atoms. The van der Waals surface area contributed by atoms with Gasteiger partial charge in [0.1, 0.15) is 5.82 Å². The molecule has 30 heavy (non-hydrogen) atoms. The monoisotopic (exact) mass is 451 g/mol. The first-order valence-electron chi connectivity index (χ1n) is 9.15. The molecule has 2 heterocycles. The number of hydrogen-bond acceptors (Lipinski definition) is 6. The summed E-state index contributed by atoms with van der Waals surface area (Å²) in [7, 11) is 0. The van der Waals surface area contributed by atoms with Gasteiger partial charge in [-0.2, -0.15) is 8.78 Å². The molecule has 1 aromatic carbocycles. The van der Waals surface area contributed by atoms with Gasteiger partial charge in [-0.15, -0.1) is 0 Å². The molecule has 1 fully saturated rings. The van der Waals surface area contributed by atoms with Gasteiger partial charge >= 0.3 is 4.71 Å². The van der Waals surface area contributed by atoms with Crippen molar-refractivity contribution in [1.29, 1.82) is 5.41 Å². The molecular formula is C20H20ClF2N5OS. The second kappa shape index (κ2) is 9.44. The molecule has 0 spiro atoms. The Kier molecular flexibility index (Phi) is 6.94. The van der Waals surface area contributed by atoms with Gasteiger partial charge in [0.25, 0.3) is 5.91 Å². The van der Waals surface area contributed by atoms with Crippen LogP contribution < -0.4 is 16.0 Å².